The normalized spacial score (nSPS) is 20.7. The number of benzene rings is 1. The summed E-state index contributed by atoms with van der Waals surface area (Å²) in [5, 5.41) is 0. The molecule has 2 rings (SSSR count). The summed E-state index contributed by atoms with van der Waals surface area (Å²) in [6.45, 7) is 8.88. The van der Waals surface area contributed by atoms with Crippen molar-refractivity contribution in [1.29, 1.82) is 0 Å². The van der Waals surface area contributed by atoms with Gasteiger partial charge in [0.15, 0.2) is 0 Å². The van der Waals surface area contributed by atoms with E-state index in [-0.39, 0.29) is 5.41 Å². The van der Waals surface area contributed by atoms with Crippen molar-refractivity contribution in [2.24, 2.45) is 5.41 Å². The van der Waals surface area contributed by atoms with Crippen LogP contribution in [0.15, 0.2) is 18.2 Å². The van der Waals surface area contributed by atoms with Crippen molar-refractivity contribution in [1.82, 2.24) is 0 Å². The Hall–Kier alpha value is -0.980. The molecule has 0 N–H and O–H groups in total. The molecule has 1 aliphatic rings. The molecule has 0 aliphatic carbocycles. The van der Waals surface area contributed by atoms with Crippen LogP contribution >= 0.6 is 0 Å². The summed E-state index contributed by atoms with van der Waals surface area (Å²) in [4.78, 5) is 0. The average Bonchev–Trinajstić information content (AvgIpc) is 2.15. The van der Waals surface area contributed by atoms with Gasteiger partial charge in [-0.1, -0.05) is 38.5 Å². The third-order valence-corrected chi connectivity index (χ3v) is 3.13. The van der Waals surface area contributed by atoms with E-state index in [4.69, 9.17) is 4.74 Å². The summed E-state index contributed by atoms with van der Waals surface area (Å²) < 4.78 is 6.05. The van der Waals surface area contributed by atoms with Crippen LogP contribution in [0.25, 0.3) is 0 Å². The molecule has 1 aliphatic heterocycles. The van der Waals surface area contributed by atoms with Crippen LogP contribution in [0.3, 0.4) is 0 Å². The Morgan fingerprint density at radius 1 is 1.27 bits per heavy atom. The Bertz CT molecular complexity index is 360. The van der Waals surface area contributed by atoms with Crippen molar-refractivity contribution in [2.75, 3.05) is 0 Å². The van der Waals surface area contributed by atoms with Gasteiger partial charge in [-0.25, -0.2) is 0 Å². The molecule has 1 heteroatoms. The molecule has 0 amide bonds. The quantitative estimate of drug-likeness (QED) is 0.625. The van der Waals surface area contributed by atoms with Crippen LogP contribution in [0.4, 0.5) is 0 Å². The van der Waals surface area contributed by atoms with E-state index in [9.17, 15) is 0 Å². The molecule has 1 aromatic carbocycles. The molecule has 1 nitrogen and oxygen atoms in total. The highest BCUT2D eigenvalue weighted by Crippen LogP contribution is 2.35. The van der Waals surface area contributed by atoms with Crippen LogP contribution in [0.5, 0.6) is 5.75 Å². The topological polar surface area (TPSA) is 9.23 Å². The van der Waals surface area contributed by atoms with Gasteiger partial charge in [-0.3, -0.25) is 0 Å². The lowest BCUT2D eigenvalue weighted by Gasteiger charge is -2.35. The second kappa shape index (κ2) is 3.55. The zero-order valence-electron chi connectivity index (χ0n) is 10.1. The minimum atomic E-state index is 0.239. The van der Waals surface area contributed by atoms with E-state index in [2.05, 4.69) is 45.9 Å². The van der Waals surface area contributed by atoms with Crippen LogP contribution in [-0.2, 0) is 6.42 Å². The van der Waals surface area contributed by atoms with E-state index < -0.39 is 0 Å². The van der Waals surface area contributed by atoms with Gasteiger partial charge in [0.1, 0.15) is 11.9 Å². The molecule has 15 heavy (non-hydrogen) atoms. The summed E-state index contributed by atoms with van der Waals surface area (Å²) in [6.07, 6.45) is 2.64. The summed E-state index contributed by atoms with van der Waals surface area (Å²) in [5.41, 5.74) is 2.94. The summed E-state index contributed by atoms with van der Waals surface area (Å²) in [6, 6.07) is 6.49. The average molecular weight is 204 g/mol. The second-order valence-electron chi connectivity index (χ2n) is 5.62. The van der Waals surface area contributed by atoms with Gasteiger partial charge >= 0.3 is 0 Å². The predicted molar refractivity (Wildman–Crippen MR) is 63.4 cm³/mol. The highest BCUT2D eigenvalue weighted by Gasteiger charge is 2.30. The molecule has 82 valence electrons. The number of aryl methyl sites for hydroxylation is 2. The molecule has 0 bridgehead atoms. The van der Waals surface area contributed by atoms with E-state index in [0.29, 0.717) is 6.10 Å². The number of ether oxygens (including phenoxy) is 1. The van der Waals surface area contributed by atoms with Gasteiger partial charge in [-0.15, -0.1) is 0 Å². The molecule has 0 aromatic heterocycles. The lowest BCUT2D eigenvalue weighted by Crippen LogP contribution is -2.35. The monoisotopic (exact) mass is 204 g/mol. The van der Waals surface area contributed by atoms with Crippen LogP contribution in [0.2, 0.25) is 0 Å². The number of rotatable bonds is 0. The summed E-state index contributed by atoms with van der Waals surface area (Å²) >= 11 is 0. The van der Waals surface area contributed by atoms with Gasteiger partial charge in [0.05, 0.1) is 0 Å². The number of hydrogen-bond donors (Lipinski definition) is 0. The maximum atomic E-state index is 6.05. The minimum Gasteiger partial charge on any atom is -0.490 e. The van der Waals surface area contributed by atoms with Crippen molar-refractivity contribution < 1.29 is 4.74 Å². The molecule has 0 fully saturated rings. The van der Waals surface area contributed by atoms with E-state index in [1.165, 1.54) is 11.1 Å². The molecular weight excluding hydrogens is 184 g/mol. The first-order valence-corrected chi connectivity index (χ1v) is 5.73. The Labute approximate surface area is 92.5 Å². The Morgan fingerprint density at radius 2 is 2.00 bits per heavy atom. The van der Waals surface area contributed by atoms with Crippen molar-refractivity contribution >= 4 is 0 Å². The Balaban J connectivity index is 2.24. The van der Waals surface area contributed by atoms with Gasteiger partial charge < -0.3 is 4.74 Å². The molecule has 0 saturated carbocycles. The Kier molecular flexibility index (Phi) is 2.49. The standard InChI is InChI=1S/C14H20O/c1-10-5-7-12-11(9-10)6-8-13(15-12)14(2,3)4/h5,7,9,13H,6,8H2,1-4H3. The molecule has 0 saturated heterocycles. The molecule has 1 atom stereocenters. The second-order valence-corrected chi connectivity index (χ2v) is 5.62. The van der Waals surface area contributed by atoms with Crippen molar-refractivity contribution in [3.63, 3.8) is 0 Å². The fraction of sp³-hybridized carbons (Fsp3) is 0.571. The van der Waals surface area contributed by atoms with Gasteiger partial charge in [0.25, 0.3) is 0 Å². The predicted octanol–water partition coefficient (Wildman–Crippen LogP) is 3.73. The van der Waals surface area contributed by atoms with E-state index in [1.807, 2.05) is 0 Å². The Morgan fingerprint density at radius 3 is 2.67 bits per heavy atom. The maximum absolute atomic E-state index is 6.05. The number of fused-ring (bicyclic) bond motifs is 1. The minimum absolute atomic E-state index is 0.239. The molecule has 1 unspecified atom stereocenters. The molecule has 1 aromatic rings. The zero-order valence-corrected chi connectivity index (χ0v) is 10.1. The molecular formula is C14H20O. The van der Waals surface area contributed by atoms with Gasteiger partial charge in [-0.2, -0.15) is 0 Å². The lowest BCUT2D eigenvalue weighted by atomic mass is 9.84. The fourth-order valence-corrected chi connectivity index (χ4v) is 2.13. The van der Waals surface area contributed by atoms with Crippen molar-refractivity contribution in [3.8, 4) is 5.75 Å². The highest BCUT2D eigenvalue weighted by molar-refractivity contribution is 5.38. The zero-order chi connectivity index (χ0) is 11.1. The van der Waals surface area contributed by atoms with Crippen LogP contribution in [0, 0.1) is 12.3 Å². The smallest absolute Gasteiger partial charge is 0.122 e. The van der Waals surface area contributed by atoms with Crippen LogP contribution in [0.1, 0.15) is 38.3 Å². The van der Waals surface area contributed by atoms with E-state index in [1.54, 1.807) is 0 Å². The van der Waals surface area contributed by atoms with E-state index in [0.717, 1.165) is 18.6 Å². The molecule has 0 spiro atoms. The SMILES string of the molecule is Cc1ccc2c(c1)CCC(C(C)(C)C)O2. The summed E-state index contributed by atoms with van der Waals surface area (Å²) in [7, 11) is 0. The van der Waals surface area contributed by atoms with Gasteiger partial charge in [-0.05, 0) is 36.8 Å². The first kappa shape index (κ1) is 10.5. The summed E-state index contributed by atoms with van der Waals surface area (Å²) in [5.74, 6) is 1.09. The lowest BCUT2D eigenvalue weighted by molar-refractivity contribution is 0.0674. The number of hydrogen-bond acceptors (Lipinski definition) is 1. The first-order chi connectivity index (χ1) is 6.97. The van der Waals surface area contributed by atoms with Crippen LogP contribution < -0.4 is 4.74 Å². The van der Waals surface area contributed by atoms with Crippen molar-refractivity contribution in [3.05, 3.63) is 29.3 Å². The van der Waals surface area contributed by atoms with Crippen LogP contribution in [-0.4, -0.2) is 6.10 Å². The first-order valence-electron chi connectivity index (χ1n) is 5.73. The van der Waals surface area contributed by atoms with Crippen molar-refractivity contribution in [2.45, 2.75) is 46.6 Å². The largest absolute Gasteiger partial charge is 0.490 e. The fourth-order valence-electron chi connectivity index (χ4n) is 2.13. The highest BCUT2D eigenvalue weighted by atomic mass is 16.5. The van der Waals surface area contributed by atoms with E-state index >= 15 is 0 Å². The molecule has 0 radical (unpaired) electrons. The molecule has 1 heterocycles. The maximum Gasteiger partial charge on any atom is 0.122 e. The third-order valence-electron chi connectivity index (χ3n) is 3.13. The van der Waals surface area contributed by atoms with Gasteiger partial charge in [0, 0.05) is 0 Å². The van der Waals surface area contributed by atoms with Gasteiger partial charge in [0.2, 0.25) is 0 Å². The third kappa shape index (κ3) is 2.17.